The van der Waals surface area contributed by atoms with E-state index in [2.05, 4.69) is 4.98 Å². The molecule has 0 saturated carbocycles. The zero-order chi connectivity index (χ0) is 17.7. The first-order valence-corrected chi connectivity index (χ1v) is 8.15. The summed E-state index contributed by atoms with van der Waals surface area (Å²) in [5.74, 6) is -0.456. The van der Waals surface area contributed by atoms with Crippen molar-refractivity contribution >= 4 is 38.7 Å². The van der Waals surface area contributed by atoms with Gasteiger partial charge in [-0.2, -0.15) is 0 Å². The fraction of sp³-hybridized carbons (Fsp3) is 0. The van der Waals surface area contributed by atoms with E-state index in [9.17, 15) is 9.59 Å². The maximum absolute atomic E-state index is 13.0. The zero-order valence-corrected chi connectivity index (χ0v) is 13.5. The molecule has 5 heteroatoms. The molecule has 0 atom stereocenters. The molecule has 0 aliphatic heterocycles. The van der Waals surface area contributed by atoms with Crippen molar-refractivity contribution < 1.29 is 9.21 Å². The lowest BCUT2D eigenvalue weighted by Gasteiger charge is -2.06. The monoisotopic (exact) mass is 340 g/mol. The minimum atomic E-state index is -0.657. The van der Waals surface area contributed by atoms with E-state index < -0.39 is 11.5 Å². The van der Waals surface area contributed by atoms with Gasteiger partial charge in [-0.1, -0.05) is 42.5 Å². The molecule has 5 nitrogen and oxygen atoms in total. The highest BCUT2D eigenvalue weighted by molar-refractivity contribution is 6.09. The van der Waals surface area contributed by atoms with Crippen molar-refractivity contribution in [2.75, 3.05) is 0 Å². The molecule has 5 rings (SSSR count). The highest BCUT2D eigenvalue weighted by Crippen LogP contribution is 2.25. The quantitative estimate of drug-likeness (QED) is 0.342. The van der Waals surface area contributed by atoms with Crippen molar-refractivity contribution in [3.63, 3.8) is 0 Å². The number of carbonyl (C=O) groups is 1. The van der Waals surface area contributed by atoms with Gasteiger partial charge in [0, 0.05) is 5.39 Å². The van der Waals surface area contributed by atoms with Crippen LogP contribution in [0.25, 0.3) is 32.8 Å². The molecule has 26 heavy (non-hydrogen) atoms. The van der Waals surface area contributed by atoms with E-state index >= 15 is 0 Å². The van der Waals surface area contributed by atoms with Crippen molar-refractivity contribution in [3.05, 3.63) is 89.0 Å². The van der Waals surface area contributed by atoms with E-state index in [-0.39, 0.29) is 5.56 Å². The Morgan fingerprint density at radius 2 is 1.73 bits per heavy atom. The molecule has 0 unspecified atom stereocenters. The largest absolute Gasteiger partial charge is 0.422 e. The van der Waals surface area contributed by atoms with Gasteiger partial charge in [0.05, 0.1) is 11.0 Å². The highest BCUT2D eigenvalue weighted by atomic mass is 16.4. The third-order valence-corrected chi connectivity index (χ3v) is 4.54. The first-order chi connectivity index (χ1) is 12.7. The Bertz CT molecular complexity index is 1380. The Morgan fingerprint density at radius 3 is 2.65 bits per heavy atom. The van der Waals surface area contributed by atoms with E-state index in [0.717, 1.165) is 16.2 Å². The van der Waals surface area contributed by atoms with Crippen LogP contribution in [-0.4, -0.2) is 15.5 Å². The fourth-order valence-corrected chi connectivity index (χ4v) is 3.27. The lowest BCUT2D eigenvalue weighted by molar-refractivity contribution is 0.0961. The second kappa shape index (κ2) is 5.39. The molecule has 0 bridgehead atoms. The molecule has 0 saturated heterocycles. The third kappa shape index (κ3) is 2.07. The molecule has 0 aliphatic rings. The van der Waals surface area contributed by atoms with Gasteiger partial charge < -0.3 is 4.42 Å². The van der Waals surface area contributed by atoms with E-state index in [1.165, 1.54) is 10.9 Å². The van der Waals surface area contributed by atoms with Gasteiger partial charge >= 0.3 is 5.63 Å². The minimum absolute atomic E-state index is 0.0167. The zero-order valence-electron chi connectivity index (χ0n) is 13.5. The molecule has 0 fully saturated rings. The number of hydrogen-bond acceptors (Lipinski definition) is 4. The van der Waals surface area contributed by atoms with Gasteiger partial charge in [0.25, 0.3) is 5.91 Å². The summed E-state index contributed by atoms with van der Waals surface area (Å²) in [5, 5.41) is 2.68. The number of benzene rings is 3. The van der Waals surface area contributed by atoms with Gasteiger partial charge in [0.2, 0.25) is 0 Å². The van der Waals surface area contributed by atoms with E-state index in [4.69, 9.17) is 4.42 Å². The molecule has 2 heterocycles. The normalized spacial score (nSPS) is 11.4. The Hall–Kier alpha value is -3.73. The van der Waals surface area contributed by atoms with Crippen LogP contribution in [0, 0.1) is 0 Å². The molecular formula is C21H12N2O3. The predicted molar refractivity (Wildman–Crippen MR) is 99.5 cm³/mol. The maximum Gasteiger partial charge on any atom is 0.349 e. The molecule has 0 N–H and O–H groups in total. The van der Waals surface area contributed by atoms with Crippen LogP contribution in [0.4, 0.5) is 0 Å². The second-order valence-electron chi connectivity index (χ2n) is 6.05. The van der Waals surface area contributed by atoms with Crippen LogP contribution in [0.2, 0.25) is 0 Å². The van der Waals surface area contributed by atoms with E-state index in [0.29, 0.717) is 16.6 Å². The van der Waals surface area contributed by atoms with Crippen LogP contribution < -0.4 is 5.63 Å². The number of rotatable bonds is 1. The van der Waals surface area contributed by atoms with Gasteiger partial charge in [-0.05, 0) is 35.0 Å². The van der Waals surface area contributed by atoms with Gasteiger partial charge in [0.1, 0.15) is 17.5 Å². The van der Waals surface area contributed by atoms with Crippen molar-refractivity contribution in [2.45, 2.75) is 0 Å². The number of para-hydroxylation sites is 2. The van der Waals surface area contributed by atoms with Crippen molar-refractivity contribution in [1.82, 2.24) is 9.55 Å². The number of nitrogens with zero attached hydrogens (tertiary/aromatic N) is 2. The van der Waals surface area contributed by atoms with Crippen LogP contribution in [0.15, 0.2) is 82.3 Å². The van der Waals surface area contributed by atoms with Gasteiger partial charge in [-0.3, -0.25) is 9.36 Å². The topological polar surface area (TPSA) is 65.1 Å². The summed E-state index contributed by atoms with van der Waals surface area (Å²) in [7, 11) is 0. The Kier molecular flexibility index (Phi) is 3.03. The minimum Gasteiger partial charge on any atom is -0.422 e. The number of imidazole rings is 1. The molecule has 0 aliphatic carbocycles. The lowest BCUT2D eigenvalue weighted by atomic mass is 10.0. The summed E-state index contributed by atoms with van der Waals surface area (Å²) in [4.78, 5) is 29.6. The van der Waals surface area contributed by atoms with Crippen molar-refractivity contribution in [1.29, 1.82) is 0 Å². The molecule has 5 aromatic rings. The SMILES string of the molecule is O=C(c1cc2c(ccc3ccccc32)oc1=O)n1cnc2ccccc21. The summed E-state index contributed by atoms with van der Waals surface area (Å²) < 4.78 is 6.80. The fourth-order valence-electron chi connectivity index (χ4n) is 3.27. The molecule has 124 valence electrons. The number of hydrogen-bond donors (Lipinski definition) is 0. The predicted octanol–water partition coefficient (Wildman–Crippen LogP) is 3.98. The second-order valence-corrected chi connectivity index (χ2v) is 6.05. The summed E-state index contributed by atoms with van der Waals surface area (Å²) >= 11 is 0. The lowest BCUT2D eigenvalue weighted by Crippen LogP contribution is -2.20. The Labute approximate surface area is 147 Å². The average molecular weight is 340 g/mol. The van der Waals surface area contributed by atoms with Crippen LogP contribution in [0.1, 0.15) is 10.4 Å². The maximum atomic E-state index is 13.0. The average Bonchev–Trinajstić information content (AvgIpc) is 3.11. The smallest absolute Gasteiger partial charge is 0.349 e. The van der Waals surface area contributed by atoms with Crippen molar-refractivity contribution in [3.8, 4) is 0 Å². The van der Waals surface area contributed by atoms with Crippen LogP contribution >= 0.6 is 0 Å². The van der Waals surface area contributed by atoms with Gasteiger partial charge in [0.15, 0.2) is 0 Å². The summed E-state index contributed by atoms with van der Waals surface area (Å²) in [6, 6.07) is 20.3. The Morgan fingerprint density at radius 1 is 0.923 bits per heavy atom. The van der Waals surface area contributed by atoms with Gasteiger partial charge in [-0.15, -0.1) is 0 Å². The molecule has 0 amide bonds. The van der Waals surface area contributed by atoms with Crippen LogP contribution in [0.5, 0.6) is 0 Å². The molecule has 0 spiro atoms. The molecule has 2 aromatic heterocycles. The standard InChI is InChI=1S/C21H12N2O3/c24-20(23-12-22-17-7-3-4-8-18(17)23)16-11-15-14-6-2-1-5-13(14)9-10-19(15)26-21(16)25/h1-12H. The van der Waals surface area contributed by atoms with Crippen molar-refractivity contribution in [2.24, 2.45) is 0 Å². The van der Waals surface area contributed by atoms with Crippen LogP contribution in [0.3, 0.4) is 0 Å². The highest BCUT2D eigenvalue weighted by Gasteiger charge is 2.18. The summed E-state index contributed by atoms with van der Waals surface area (Å²) in [6.07, 6.45) is 1.43. The first-order valence-electron chi connectivity index (χ1n) is 8.15. The first kappa shape index (κ1) is 14.6. The van der Waals surface area contributed by atoms with Crippen LogP contribution in [-0.2, 0) is 0 Å². The number of fused-ring (bicyclic) bond motifs is 4. The Balaban J connectivity index is 1.78. The molecule has 0 radical (unpaired) electrons. The molecular weight excluding hydrogens is 328 g/mol. The van der Waals surface area contributed by atoms with E-state index in [1.54, 1.807) is 18.2 Å². The van der Waals surface area contributed by atoms with E-state index in [1.807, 2.05) is 48.5 Å². The van der Waals surface area contributed by atoms with Gasteiger partial charge in [-0.25, -0.2) is 9.78 Å². The molecule has 3 aromatic carbocycles. The number of carbonyl (C=O) groups excluding carboxylic acids is 1. The summed E-state index contributed by atoms with van der Waals surface area (Å²) in [6.45, 7) is 0. The number of aromatic nitrogens is 2. The third-order valence-electron chi connectivity index (χ3n) is 4.54. The summed E-state index contributed by atoms with van der Waals surface area (Å²) in [5.41, 5.74) is 1.12.